The summed E-state index contributed by atoms with van der Waals surface area (Å²) in [7, 11) is -1.85. The second kappa shape index (κ2) is 7.37. The van der Waals surface area contributed by atoms with Gasteiger partial charge in [-0.05, 0) is 19.2 Å². The van der Waals surface area contributed by atoms with Crippen LogP contribution in [0.15, 0.2) is 29.2 Å². The molecular formula is C13H21N3O3S. The largest absolute Gasteiger partial charge is 0.325 e. The van der Waals surface area contributed by atoms with Crippen LogP contribution < -0.4 is 15.4 Å². The maximum absolute atomic E-state index is 12.1. The molecule has 0 spiro atoms. The predicted octanol–water partition coefficient (Wildman–Crippen LogP) is 0.779. The van der Waals surface area contributed by atoms with Crippen LogP contribution in [0.2, 0.25) is 0 Å². The van der Waals surface area contributed by atoms with Crippen molar-refractivity contribution in [1.29, 1.82) is 0 Å². The third-order valence-corrected chi connectivity index (χ3v) is 4.33. The number of nitrogens with one attached hydrogen (secondary N) is 3. The van der Waals surface area contributed by atoms with E-state index in [4.69, 9.17) is 0 Å². The van der Waals surface area contributed by atoms with Crippen molar-refractivity contribution in [2.24, 2.45) is 5.92 Å². The molecule has 0 saturated carbocycles. The maximum Gasteiger partial charge on any atom is 0.242 e. The summed E-state index contributed by atoms with van der Waals surface area (Å²) in [5, 5.41) is 5.57. The zero-order valence-corrected chi connectivity index (χ0v) is 12.8. The Bertz CT molecular complexity index is 558. The number of rotatable bonds is 7. The third kappa shape index (κ3) is 4.29. The summed E-state index contributed by atoms with van der Waals surface area (Å²) >= 11 is 0. The van der Waals surface area contributed by atoms with E-state index in [0.29, 0.717) is 18.8 Å². The van der Waals surface area contributed by atoms with E-state index >= 15 is 0 Å². The zero-order valence-electron chi connectivity index (χ0n) is 11.9. The molecule has 0 aromatic heterocycles. The van der Waals surface area contributed by atoms with Crippen molar-refractivity contribution in [2.75, 3.05) is 25.5 Å². The predicted molar refractivity (Wildman–Crippen MR) is 79.0 cm³/mol. The third-order valence-electron chi connectivity index (χ3n) is 2.73. The summed E-state index contributed by atoms with van der Waals surface area (Å²) in [6.07, 6.45) is 0. The van der Waals surface area contributed by atoms with Crippen molar-refractivity contribution < 1.29 is 13.2 Å². The molecule has 3 N–H and O–H groups in total. The minimum Gasteiger partial charge on any atom is -0.325 e. The first kappa shape index (κ1) is 16.6. The number of benzene rings is 1. The van der Waals surface area contributed by atoms with Crippen molar-refractivity contribution >= 4 is 21.6 Å². The highest BCUT2D eigenvalue weighted by molar-refractivity contribution is 7.89. The minimum atomic E-state index is -3.60. The standard InChI is InChI=1S/C13H21N3O3S/c1-4-15-20(18,19)12-8-6-5-7-11(12)16-13(17)10(2)9-14-3/h5-8,10,14-15H,4,9H2,1-3H3,(H,16,17). The van der Waals surface area contributed by atoms with E-state index < -0.39 is 10.0 Å². The average Bonchev–Trinajstić information content (AvgIpc) is 2.39. The molecule has 0 bridgehead atoms. The van der Waals surface area contributed by atoms with Gasteiger partial charge in [0, 0.05) is 19.0 Å². The molecule has 20 heavy (non-hydrogen) atoms. The first-order valence-corrected chi connectivity index (χ1v) is 7.94. The summed E-state index contributed by atoms with van der Waals surface area (Å²) < 4.78 is 26.5. The van der Waals surface area contributed by atoms with Gasteiger partial charge in [-0.1, -0.05) is 26.0 Å². The van der Waals surface area contributed by atoms with Crippen LogP contribution in [-0.2, 0) is 14.8 Å². The highest BCUT2D eigenvalue weighted by Gasteiger charge is 2.20. The van der Waals surface area contributed by atoms with Crippen LogP contribution in [0.1, 0.15) is 13.8 Å². The number of amides is 1. The Morgan fingerprint density at radius 3 is 2.55 bits per heavy atom. The van der Waals surface area contributed by atoms with Crippen molar-refractivity contribution in [3.63, 3.8) is 0 Å². The van der Waals surface area contributed by atoms with E-state index in [1.54, 1.807) is 39.1 Å². The van der Waals surface area contributed by atoms with Crippen LogP contribution in [0.3, 0.4) is 0 Å². The Morgan fingerprint density at radius 1 is 1.30 bits per heavy atom. The Morgan fingerprint density at radius 2 is 1.95 bits per heavy atom. The van der Waals surface area contributed by atoms with E-state index in [-0.39, 0.29) is 16.7 Å². The lowest BCUT2D eigenvalue weighted by Gasteiger charge is -2.14. The number of anilines is 1. The Hall–Kier alpha value is -1.44. The second-order valence-corrected chi connectivity index (χ2v) is 6.18. The molecule has 0 aliphatic rings. The molecule has 0 aliphatic carbocycles. The normalized spacial score (nSPS) is 12.9. The fourth-order valence-corrected chi connectivity index (χ4v) is 2.93. The van der Waals surface area contributed by atoms with Gasteiger partial charge in [0.1, 0.15) is 4.90 Å². The molecule has 0 radical (unpaired) electrons. The summed E-state index contributed by atoms with van der Waals surface area (Å²) in [5.74, 6) is -0.478. The Balaban J connectivity index is 3.00. The zero-order chi connectivity index (χ0) is 15.2. The molecule has 0 saturated heterocycles. The van der Waals surface area contributed by atoms with Gasteiger partial charge in [-0.3, -0.25) is 4.79 Å². The van der Waals surface area contributed by atoms with Crippen molar-refractivity contribution in [3.8, 4) is 0 Å². The number of hydrogen-bond acceptors (Lipinski definition) is 4. The minimum absolute atomic E-state index is 0.0758. The molecule has 112 valence electrons. The molecular weight excluding hydrogens is 278 g/mol. The first-order valence-electron chi connectivity index (χ1n) is 6.46. The van der Waals surface area contributed by atoms with Gasteiger partial charge in [-0.25, -0.2) is 13.1 Å². The number of sulfonamides is 1. The van der Waals surface area contributed by atoms with Crippen molar-refractivity contribution in [3.05, 3.63) is 24.3 Å². The summed E-state index contributed by atoms with van der Waals surface area (Å²) in [6.45, 7) is 4.29. The van der Waals surface area contributed by atoms with Gasteiger partial charge in [0.15, 0.2) is 0 Å². The topological polar surface area (TPSA) is 87.3 Å². The van der Waals surface area contributed by atoms with Crippen LogP contribution in [-0.4, -0.2) is 34.5 Å². The quantitative estimate of drug-likeness (QED) is 0.694. The fraction of sp³-hybridized carbons (Fsp3) is 0.462. The summed E-state index contributed by atoms with van der Waals surface area (Å²) in [4.78, 5) is 12.0. The van der Waals surface area contributed by atoms with E-state index in [1.807, 2.05) is 0 Å². The van der Waals surface area contributed by atoms with Gasteiger partial charge in [-0.2, -0.15) is 0 Å². The Kier molecular flexibility index (Phi) is 6.12. The molecule has 0 fully saturated rings. The summed E-state index contributed by atoms with van der Waals surface area (Å²) in [6, 6.07) is 6.35. The fourth-order valence-electron chi connectivity index (χ4n) is 1.73. The lowest BCUT2D eigenvalue weighted by molar-refractivity contribution is -0.119. The SMILES string of the molecule is CCNS(=O)(=O)c1ccccc1NC(=O)C(C)CNC. The number of para-hydroxylation sites is 1. The lowest BCUT2D eigenvalue weighted by atomic mass is 10.1. The van der Waals surface area contributed by atoms with Gasteiger partial charge in [-0.15, -0.1) is 0 Å². The van der Waals surface area contributed by atoms with E-state index in [1.165, 1.54) is 6.07 Å². The van der Waals surface area contributed by atoms with E-state index in [9.17, 15) is 13.2 Å². The second-order valence-electron chi connectivity index (χ2n) is 4.45. The van der Waals surface area contributed by atoms with Crippen LogP contribution >= 0.6 is 0 Å². The first-order chi connectivity index (χ1) is 9.42. The summed E-state index contributed by atoms with van der Waals surface area (Å²) in [5.41, 5.74) is 0.293. The molecule has 1 atom stereocenters. The number of carbonyl (C=O) groups excluding carboxylic acids is 1. The molecule has 6 nitrogen and oxygen atoms in total. The van der Waals surface area contributed by atoms with Gasteiger partial charge in [0.2, 0.25) is 15.9 Å². The molecule has 1 amide bonds. The molecule has 1 rings (SSSR count). The van der Waals surface area contributed by atoms with Gasteiger partial charge in [0.05, 0.1) is 5.69 Å². The molecule has 7 heteroatoms. The van der Waals surface area contributed by atoms with E-state index in [2.05, 4.69) is 15.4 Å². The highest BCUT2D eigenvalue weighted by Crippen LogP contribution is 2.21. The smallest absolute Gasteiger partial charge is 0.242 e. The molecule has 1 unspecified atom stereocenters. The molecule has 1 aromatic carbocycles. The molecule has 1 aromatic rings. The average molecular weight is 299 g/mol. The van der Waals surface area contributed by atoms with Crippen LogP contribution in [0.5, 0.6) is 0 Å². The number of hydrogen-bond donors (Lipinski definition) is 3. The van der Waals surface area contributed by atoms with Crippen LogP contribution in [0, 0.1) is 5.92 Å². The highest BCUT2D eigenvalue weighted by atomic mass is 32.2. The van der Waals surface area contributed by atoms with Crippen LogP contribution in [0.25, 0.3) is 0 Å². The molecule has 0 heterocycles. The van der Waals surface area contributed by atoms with Gasteiger partial charge in [0.25, 0.3) is 0 Å². The number of carbonyl (C=O) groups is 1. The van der Waals surface area contributed by atoms with Gasteiger partial charge >= 0.3 is 0 Å². The van der Waals surface area contributed by atoms with Crippen molar-refractivity contribution in [2.45, 2.75) is 18.7 Å². The Labute approximate surface area is 120 Å². The van der Waals surface area contributed by atoms with Gasteiger partial charge < -0.3 is 10.6 Å². The van der Waals surface area contributed by atoms with Crippen molar-refractivity contribution in [1.82, 2.24) is 10.0 Å². The van der Waals surface area contributed by atoms with Crippen LogP contribution in [0.4, 0.5) is 5.69 Å². The monoisotopic (exact) mass is 299 g/mol. The maximum atomic E-state index is 12.1. The lowest BCUT2D eigenvalue weighted by Crippen LogP contribution is -2.30. The molecule has 0 aliphatic heterocycles. The van der Waals surface area contributed by atoms with E-state index in [0.717, 1.165) is 0 Å².